The number of ether oxygens (including phenoxy) is 1. The number of hydrogen-bond acceptors (Lipinski definition) is 3. The first-order chi connectivity index (χ1) is 9.32. The topological polar surface area (TPSA) is 66.8 Å². The third-order valence-corrected chi connectivity index (χ3v) is 3.58. The minimum Gasteiger partial charge on any atom is -0.480 e. The van der Waals surface area contributed by atoms with Crippen molar-refractivity contribution in [1.82, 2.24) is 4.90 Å². The van der Waals surface area contributed by atoms with E-state index in [0.717, 1.165) is 5.56 Å². The summed E-state index contributed by atoms with van der Waals surface area (Å²) in [6.07, 6.45) is -0.581. The second-order valence-electron chi connectivity index (χ2n) is 5.63. The zero-order chi connectivity index (χ0) is 14.9. The van der Waals surface area contributed by atoms with E-state index in [2.05, 4.69) is 13.8 Å². The molecule has 1 aliphatic rings. The van der Waals surface area contributed by atoms with Gasteiger partial charge in [0.1, 0.15) is 6.54 Å². The van der Waals surface area contributed by atoms with Crippen LogP contribution in [0.4, 0.5) is 4.79 Å². The number of carboxylic acid groups (broad SMARTS) is 1. The first kappa shape index (κ1) is 14.4. The zero-order valence-corrected chi connectivity index (χ0v) is 11.9. The molecule has 5 heteroatoms. The highest BCUT2D eigenvalue weighted by atomic mass is 16.6. The molecule has 0 bridgehead atoms. The van der Waals surface area contributed by atoms with E-state index < -0.39 is 17.7 Å². The molecule has 1 aliphatic heterocycles. The maximum Gasteiger partial charge on any atom is 0.411 e. The quantitative estimate of drug-likeness (QED) is 0.918. The zero-order valence-electron chi connectivity index (χ0n) is 11.9. The van der Waals surface area contributed by atoms with Gasteiger partial charge < -0.3 is 9.84 Å². The highest BCUT2D eigenvalue weighted by molar-refractivity contribution is 5.78. The molecule has 0 aliphatic carbocycles. The number of carboxylic acids is 1. The van der Waals surface area contributed by atoms with Crippen LogP contribution in [0.25, 0.3) is 0 Å². The van der Waals surface area contributed by atoms with Crippen molar-refractivity contribution in [1.29, 1.82) is 0 Å². The van der Waals surface area contributed by atoms with Crippen LogP contribution >= 0.6 is 0 Å². The standard InChI is InChI=1S/C15H19NO4/c1-10(2)11-4-6-12(7-5-11)15(3)9-16(8-13(17)18)14(19)20-15/h4-7,10H,8-9H2,1-3H3,(H,17,18). The fourth-order valence-corrected chi connectivity index (χ4v) is 2.37. The van der Waals surface area contributed by atoms with E-state index >= 15 is 0 Å². The molecule has 1 fully saturated rings. The number of nitrogens with zero attached hydrogens (tertiary/aromatic N) is 1. The van der Waals surface area contributed by atoms with Gasteiger partial charge in [0, 0.05) is 0 Å². The van der Waals surface area contributed by atoms with Gasteiger partial charge in [-0.2, -0.15) is 0 Å². The first-order valence-electron chi connectivity index (χ1n) is 6.62. The summed E-state index contributed by atoms with van der Waals surface area (Å²) in [4.78, 5) is 23.6. The number of carbonyl (C=O) groups is 2. The number of rotatable bonds is 4. The Morgan fingerprint density at radius 1 is 1.40 bits per heavy atom. The molecule has 1 unspecified atom stereocenters. The van der Waals surface area contributed by atoms with E-state index in [1.54, 1.807) is 6.92 Å². The Hall–Kier alpha value is -2.04. The van der Waals surface area contributed by atoms with Crippen molar-refractivity contribution in [3.63, 3.8) is 0 Å². The summed E-state index contributed by atoms with van der Waals surface area (Å²) in [6, 6.07) is 7.90. The highest BCUT2D eigenvalue weighted by Gasteiger charge is 2.43. The summed E-state index contributed by atoms with van der Waals surface area (Å²) in [5.41, 5.74) is 1.30. The summed E-state index contributed by atoms with van der Waals surface area (Å²) in [6.45, 7) is 5.94. The van der Waals surface area contributed by atoms with Gasteiger partial charge in [-0.15, -0.1) is 0 Å². The van der Waals surface area contributed by atoms with Gasteiger partial charge in [-0.25, -0.2) is 4.79 Å². The minimum atomic E-state index is -1.04. The first-order valence-corrected chi connectivity index (χ1v) is 6.62. The van der Waals surface area contributed by atoms with Gasteiger partial charge in [-0.05, 0) is 24.0 Å². The Bertz CT molecular complexity index is 523. The van der Waals surface area contributed by atoms with Crippen molar-refractivity contribution >= 4 is 12.1 Å². The van der Waals surface area contributed by atoms with Gasteiger partial charge in [-0.3, -0.25) is 9.69 Å². The fraction of sp³-hybridized carbons (Fsp3) is 0.467. The van der Waals surface area contributed by atoms with Crippen LogP contribution < -0.4 is 0 Å². The largest absolute Gasteiger partial charge is 0.480 e. The van der Waals surface area contributed by atoms with Crippen LogP contribution in [0.15, 0.2) is 24.3 Å². The molecule has 1 saturated heterocycles. The van der Waals surface area contributed by atoms with Crippen molar-refractivity contribution in [2.45, 2.75) is 32.3 Å². The molecule has 1 aromatic rings. The molecule has 0 radical (unpaired) electrons. The van der Waals surface area contributed by atoms with E-state index in [1.807, 2.05) is 24.3 Å². The predicted octanol–water partition coefficient (Wildman–Crippen LogP) is 2.56. The van der Waals surface area contributed by atoms with Gasteiger partial charge in [-0.1, -0.05) is 38.1 Å². The average molecular weight is 277 g/mol. The van der Waals surface area contributed by atoms with Crippen LogP contribution in [-0.2, 0) is 15.1 Å². The van der Waals surface area contributed by atoms with Crippen molar-refractivity contribution < 1.29 is 19.4 Å². The number of cyclic esters (lactones) is 1. The van der Waals surface area contributed by atoms with Crippen molar-refractivity contribution in [2.75, 3.05) is 13.1 Å². The normalized spacial score (nSPS) is 22.2. The van der Waals surface area contributed by atoms with Crippen LogP contribution in [0.5, 0.6) is 0 Å². The Morgan fingerprint density at radius 2 is 2.00 bits per heavy atom. The average Bonchev–Trinajstić information content (AvgIpc) is 2.65. The van der Waals surface area contributed by atoms with Gasteiger partial charge in [0.05, 0.1) is 6.54 Å². The molecule has 5 nitrogen and oxygen atoms in total. The summed E-state index contributed by atoms with van der Waals surface area (Å²) in [5, 5.41) is 8.78. The summed E-state index contributed by atoms with van der Waals surface area (Å²) >= 11 is 0. The Morgan fingerprint density at radius 3 is 2.50 bits per heavy atom. The molecule has 1 amide bonds. The number of benzene rings is 1. The van der Waals surface area contributed by atoms with Crippen LogP contribution in [-0.4, -0.2) is 35.2 Å². The molecule has 20 heavy (non-hydrogen) atoms. The van der Waals surface area contributed by atoms with Gasteiger partial charge >= 0.3 is 12.1 Å². The number of aliphatic carboxylic acids is 1. The summed E-state index contributed by atoms with van der Waals surface area (Å²) < 4.78 is 5.37. The number of hydrogen-bond donors (Lipinski definition) is 1. The maximum absolute atomic E-state index is 11.7. The molecule has 108 valence electrons. The van der Waals surface area contributed by atoms with Gasteiger partial charge in [0.15, 0.2) is 5.60 Å². The Kier molecular flexibility index (Phi) is 3.70. The van der Waals surface area contributed by atoms with Crippen molar-refractivity contribution in [3.05, 3.63) is 35.4 Å². The number of amides is 1. The molecular formula is C15H19NO4. The molecule has 1 atom stereocenters. The summed E-state index contributed by atoms with van der Waals surface area (Å²) in [5.74, 6) is -0.604. The van der Waals surface area contributed by atoms with E-state index in [0.29, 0.717) is 5.92 Å². The molecule has 2 rings (SSSR count). The predicted molar refractivity (Wildman–Crippen MR) is 73.6 cm³/mol. The van der Waals surface area contributed by atoms with E-state index in [9.17, 15) is 9.59 Å². The lowest BCUT2D eigenvalue weighted by Gasteiger charge is -2.22. The number of carbonyl (C=O) groups excluding carboxylic acids is 1. The SMILES string of the molecule is CC(C)c1ccc(C2(C)CN(CC(=O)O)C(=O)O2)cc1. The Labute approximate surface area is 118 Å². The third kappa shape index (κ3) is 2.76. The second kappa shape index (κ2) is 5.15. The lowest BCUT2D eigenvalue weighted by molar-refractivity contribution is -0.137. The Balaban J connectivity index is 2.19. The van der Waals surface area contributed by atoms with E-state index in [1.165, 1.54) is 10.5 Å². The van der Waals surface area contributed by atoms with Crippen molar-refractivity contribution in [3.8, 4) is 0 Å². The second-order valence-corrected chi connectivity index (χ2v) is 5.63. The van der Waals surface area contributed by atoms with E-state index in [4.69, 9.17) is 9.84 Å². The fourth-order valence-electron chi connectivity index (χ4n) is 2.37. The molecule has 0 aromatic heterocycles. The lowest BCUT2D eigenvalue weighted by Crippen LogP contribution is -2.33. The van der Waals surface area contributed by atoms with Crippen LogP contribution in [0.3, 0.4) is 0 Å². The molecule has 0 saturated carbocycles. The lowest BCUT2D eigenvalue weighted by atomic mass is 9.93. The smallest absolute Gasteiger partial charge is 0.411 e. The van der Waals surface area contributed by atoms with Gasteiger partial charge in [0.25, 0.3) is 0 Å². The van der Waals surface area contributed by atoms with Crippen LogP contribution in [0, 0.1) is 0 Å². The van der Waals surface area contributed by atoms with Crippen LogP contribution in [0.2, 0.25) is 0 Å². The highest BCUT2D eigenvalue weighted by Crippen LogP contribution is 2.33. The van der Waals surface area contributed by atoms with Crippen molar-refractivity contribution in [2.24, 2.45) is 0 Å². The van der Waals surface area contributed by atoms with E-state index in [-0.39, 0.29) is 13.1 Å². The molecule has 1 heterocycles. The minimum absolute atomic E-state index is 0.249. The maximum atomic E-state index is 11.7. The molecular weight excluding hydrogens is 258 g/mol. The van der Waals surface area contributed by atoms with Gasteiger partial charge in [0.2, 0.25) is 0 Å². The summed E-state index contributed by atoms with van der Waals surface area (Å²) in [7, 11) is 0. The monoisotopic (exact) mass is 277 g/mol. The molecule has 1 aromatic carbocycles. The van der Waals surface area contributed by atoms with Crippen LogP contribution in [0.1, 0.15) is 37.8 Å². The molecule has 0 spiro atoms. The molecule has 1 N–H and O–H groups in total. The third-order valence-electron chi connectivity index (χ3n) is 3.58.